The van der Waals surface area contributed by atoms with Crippen LogP contribution in [0.5, 0.6) is 0 Å². The van der Waals surface area contributed by atoms with Crippen LogP contribution in [0.25, 0.3) is 0 Å². The first-order valence-electron chi connectivity index (χ1n) is 7.32. The third-order valence-electron chi connectivity index (χ3n) is 4.15. The van der Waals surface area contributed by atoms with Gasteiger partial charge in [-0.1, -0.05) is 38.0 Å². The van der Waals surface area contributed by atoms with Crippen molar-refractivity contribution in [1.82, 2.24) is 5.32 Å². The molecule has 1 fully saturated rings. The van der Waals surface area contributed by atoms with E-state index in [0.29, 0.717) is 18.0 Å². The van der Waals surface area contributed by atoms with Crippen molar-refractivity contribution in [2.24, 2.45) is 11.8 Å². The van der Waals surface area contributed by atoms with Crippen LogP contribution in [0.4, 0.5) is 13.2 Å². The Morgan fingerprint density at radius 2 is 1.85 bits per heavy atom. The molecule has 1 aromatic carbocycles. The second-order valence-corrected chi connectivity index (χ2v) is 5.95. The number of hydrogen-bond acceptors (Lipinski definition) is 1. The summed E-state index contributed by atoms with van der Waals surface area (Å²) in [6, 6.07) is 5.56. The molecule has 1 aliphatic carbocycles. The van der Waals surface area contributed by atoms with Crippen LogP contribution in [0.1, 0.15) is 43.7 Å². The Bertz CT molecular complexity index is 420. The molecule has 0 atom stereocenters. The highest BCUT2D eigenvalue weighted by Gasteiger charge is 2.30. The quantitative estimate of drug-likeness (QED) is 0.851. The largest absolute Gasteiger partial charge is 0.416 e. The maximum atomic E-state index is 12.6. The molecule has 1 aliphatic rings. The molecule has 0 amide bonds. The van der Waals surface area contributed by atoms with E-state index in [-0.39, 0.29) is 0 Å². The molecule has 4 heteroatoms. The Kier molecular flexibility index (Phi) is 5.08. The third-order valence-corrected chi connectivity index (χ3v) is 4.15. The van der Waals surface area contributed by atoms with Crippen molar-refractivity contribution in [3.05, 3.63) is 35.4 Å². The Labute approximate surface area is 118 Å². The zero-order valence-electron chi connectivity index (χ0n) is 11.8. The highest BCUT2D eigenvalue weighted by atomic mass is 19.4. The van der Waals surface area contributed by atoms with E-state index in [1.165, 1.54) is 37.8 Å². The van der Waals surface area contributed by atoms with Crippen LogP contribution in [0.2, 0.25) is 0 Å². The van der Waals surface area contributed by atoms with Gasteiger partial charge in [0.15, 0.2) is 0 Å². The maximum Gasteiger partial charge on any atom is 0.416 e. The zero-order valence-corrected chi connectivity index (χ0v) is 11.8. The van der Waals surface area contributed by atoms with Crippen LogP contribution in [0.15, 0.2) is 24.3 Å². The topological polar surface area (TPSA) is 12.0 Å². The molecule has 0 heterocycles. The lowest BCUT2D eigenvalue weighted by atomic mass is 9.83. The summed E-state index contributed by atoms with van der Waals surface area (Å²) in [5, 5.41) is 3.30. The van der Waals surface area contributed by atoms with Gasteiger partial charge in [-0.15, -0.1) is 0 Å². The molecular formula is C16H22F3N. The number of benzene rings is 1. The van der Waals surface area contributed by atoms with Gasteiger partial charge < -0.3 is 5.32 Å². The summed E-state index contributed by atoms with van der Waals surface area (Å²) in [7, 11) is 0. The highest BCUT2D eigenvalue weighted by Crippen LogP contribution is 2.30. The van der Waals surface area contributed by atoms with Crippen LogP contribution in [-0.4, -0.2) is 6.54 Å². The van der Waals surface area contributed by atoms with Crippen LogP contribution >= 0.6 is 0 Å². The van der Waals surface area contributed by atoms with Crippen molar-refractivity contribution < 1.29 is 13.2 Å². The molecule has 0 bridgehead atoms. The minimum absolute atomic E-state index is 0.510. The Morgan fingerprint density at radius 1 is 1.15 bits per heavy atom. The van der Waals surface area contributed by atoms with Crippen molar-refractivity contribution in [2.45, 2.75) is 45.3 Å². The monoisotopic (exact) mass is 285 g/mol. The minimum Gasteiger partial charge on any atom is -0.312 e. The fraction of sp³-hybridized carbons (Fsp3) is 0.625. The van der Waals surface area contributed by atoms with Crippen LogP contribution < -0.4 is 5.32 Å². The number of rotatable bonds is 4. The average Bonchev–Trinajstić information content (AvgIpc) is 2.40. The van der Waals surface area contributed by atoms with Gasteiger partial charge in [0.2, 0.25) is 0 Å². The fourth-order valence-electron chi connectivity index (χ4n) is 2.81. The SMILES string of the molecule is CC1CCC(CNCc2cccc(C(F)(F)F)c2)CC1. The molecule has 0 aromatic heterocycles. The Balaban J connectivity index is 1.79. The van der Waals surface area contributed by atoms with E-state index >= 15 is 0 Å². The summed E-state index contributed by atoms with van der Waals surface area (Å²) in [4.78, 5) is 0. The molecule has 112 valence electrons. The molecule has 0 saturated heterocycles. The molecule has 20 heavy (non-hydrogen) atoms. The predicted octanol–water partition coefficient (Wildman–Crippen LogP) is 4.62. The molecule has 2 rings (SSSR count). The highest BCUT2D eigenvalue weighted by molar-refractivity contribution is 5.25. The van der Waals surface area contributed by atoms with E-state index in [1.54, 1.807) is 6.07 Å². The first-order chi connectivity index (χ1) is 9.45. The van der Waals surface area contributed by atoms with E-state index < -0.39 is 11.7 Å². The van der Waals surface area contributed by atoms with Crippen molar-refractivity contribution >= 4 is 0 Å². The molecule has 0 spiro atoms. The van der Waals surface area contributed by atoms with Gasteiger partial charge in [0.25, 0.3) is 0 Å². The average molecular weight is 285 g/mol. The lowest BCUT2D eigenvalue weighted by Gasteiger charge is -2.26. The van der Waals surface area contributed by atoms with E-state index in [1.807, 2.05) is 0 Å². The second kappa shape index (κ2) is 6.61. The van der Waals surface area contributed by atoms with Crippen LogP contribution in [0, 0.1) is 11.8 Å². The standard InChI is InChI=1S/C16H22F3N/c1-12-5-7-13(8-6-12)10-20-11-14-3-2-4-15(9-14)16(17,18)19/h2-4,9,12-13,20H,5-8,10-11H2,1H3. The zero-order chi connectivity index (χ0) is 14.6. The maximum absolute atomic E-state index is 12.6. The summed E-state index contributed by atoms with van der Waals surface area (Å²) < 4.78 is 37.8. The smallest absolute Gasteiger partial charge is 0.312 e. The Morgan fingerprint density at radius 3 is 2.50 bits per heavy atom. The van der Waals surface area contributed by atoms with Gasteiger partial charge in [0.05, 0.1) is 5.56 Å². The van der Waals surface area contributed by atoms with Gasteiger partial charge in [0, 0.05) is 6.54 Å². The summed E-state index contributed by atoms with van der Waals surface area (Å²) in [5.41, 5.74) is 0.132. The van der Waals surface area contributed by atoms with Gasteiger partial charge in [0.1, 0.15) is 0 Å². The van der Waals surface area contributed by atoms with E-state index in [9.17, 15) is 13.2 Å². The van der Waals surface area contributed by atoms with Gasteiger partial charge in [-0.25, -0.2) is 0 Å². The molecule has 1 N–H and O–H groups in total. The molecule has 0 radical (unpaired) electrons. The molecular weight excluding hydrogens is 263 g/mol. The van der Waals surface area contributed by atoms with Crippen LogP contribution in [0.3, 0.4) is 0 Å². The van der Waals surface area contributed by atoms with E-state index in [0.717, 1.165) is 18.5 Å². The van der Waals surface area contributed by atoms with Gasteiger partial charge in [-0.3, -0.25) is 0 Å². The summed E-state index contributed by atoms with van der Waals surface area (Å²) >= 11 is 0. The normalized spacial score (nSPS) is 23.8. The summed E-state index contributed by atoms with van der Waals surface area (Å²) in [6.07, 6.45) is 0.759. The molecule has 0 unspecified atom stereocenters. The van der Waals surface area contributed by atoms with Crippen LogP contribution in [-0.2, 0) is 12.7 Å². The number of nitrogens with one attached hydrogen (secondary N) is 1. The molecule has 1 saturated carbocycles. The van der Waals surface area contributed by atoms with Crippen molar-refractivity contribution in [3.63, 3.8) is 0 Å². The lowest BCUT2D eigenvalue weighted by molar-refractivity contribution is -0.137. The molecule has 1 aromatic rings. The first-order valence-corrected chi connectivity index (χ1v) is 7.32. The first kappa shape index (κ1) is 15.4. The number of hydrogen-bond donors (Lipinski definition) is 1. The summed E-state index contributed by atoms with van der Waals surface area (Å²) in [6.45, 7) is 3.70. The van der Waals surface area contributed by atoms with Gasteiger partial charge in [-0.2, -0.15) is 13.2 Å². The van der Waals surface area contributed by atoms with Crippen molar-refractivity contribution in [1.29, 1.82) is 0 Å². The van der Waals surface area contributed by atoms with Crippen molar-refractivity contribution in [2.75, 3.05) is 6.54 Å². The summed E-state index contributed by atoms with van der Waals surface area (Å²) in [5.74, 6) is 1.51. The van der Waals surface area contributed by atoms with Gasteiger partial charge >= 0.3 is 6.18 Å². The number of halogens is 3. The molecule has 1 nitrogen and oxygen atoms in total. The lowest BCUT2D eigenvalue weighted by Crippen LogP contribution is -2.25. The third kappa shape index (κ3) is 4.51. The fourth-order valence-corrected chi connectivity index (χ4v) is 2.81. The van der Waals surface area contributed by atoms with E-state index in [4.69, 9.17) is 0 Å². The van der Waals surface area contributed by atoms with Gasteiger partial charge in [-0.05, 0) is 42.9 Å². The second-order valence-electron chi connectivity index (χ2n) is 5.95. The Hall–Kier alpha value is -1.03. The number of alkyl halides is 3. The predicted molar refractivity (Wildman–Crippen MR) is 74.3 cm³/mol. The minimum atomic E-state index is -4.25. The van der Waals surface area contributed by atoms with E-state index in [2.05, 4.69) is 12.2 Å². The molecule has 0 aliphatic heterocycles. The van der Waals surface area contributed by atoms with Crippen molar-refractivity contribution in [3.8, 4) is 0 Å².